The molecule has 0 spiro atoms. The summed E-state index contributed by atoms with van der Waals surface area (Å²) >= 11 is 0. The van der Waals surface area contributed by atoms with Gasteiger partial charge in [0, 0.05) is 38.4 Å². The van der Waals surface area contributed by atoms with Crippen LogP contribution in [0.5, 0.6) is 0 Å². The van der Waals surface area contributed by atoms with E-state index in [4.69, 9.17) is 4.74 Å². The molecule has 6 heteroatoms. The molecule has 1 saturated heterocycles. The number of pyridine rings is 1. The summed E-state index contributed by atoms with van der Waals surface area (Å²) in [5, 5.41) is 2.75. The molecule has 1 aromatic heterocycles. The van der Waals surface area contributed by atoms with Crippen molar-refractivity contribution in [2.45, 2.75) is 38.7 Å². The minimum atomic E-state index is -0.00337. The van der Waals surface area contributed by atoms with Gasteiger partial charge in [-0.3, -0.25) is 9.59 Å². The molecule has 0 unspecified atom stereocenters. The largest absolute Gasteiger partial charge is 0.375 e. The molecule has 3 rings (SSSR count). The van der Waals surface area contributed by atoms with Crippen molar-refractivity contribution in [3.05, 3.63) is 29.5 Å². The number of nitrogens with one attached hydrogen (secondary N) is 1. The fourth-order valence-corrected chi connectivity index (χ4v) is 2.76. The second kappa shape index (κ2) is 7.57. The van der Waals surface area contributed by atoms with E-state index in [0.717, 1.165) is 30.6 Å². The van der Waals surface area contributed by atoms with Gasteiger partial charge >= 0.3 is 0 Å². The Labute approximate surface area is 141 Å². The Bertz CT molecular complexity index is 651. The topological polar surface area (TPSA) is 71.5 Å². The van der Waals surface area contributed by atoms with Crippen LogP contribution in [-0.2, 0) is 20.7 Å². The van der Waals surface area contributed by atoms with Gasteiger partial charge in [-0.25, -0.2) is 4.98 Å². The highest BCUT2D eigenvalue weighted by atomic mass is 16.5. The highest BCUT2D eigenvalue weighted by molar-refractivity contribution is 5.94. The lowest BCUT2D eigenvalue weighted by Crippen LogP contribution is -2.54. The number of likely N-dealkylation sites (tertiary alicyclic amines) is 1. The Morgan fingerprint density at radius 1 is 1.46 bits per heavy atom. The molecule has 0 radical (unpaired) electrons. The number of fused-ring (bicyclic) bond motifs is 1. The number of aromatic nitrogens is 1. The number of nitrogens with zero attached hydrogens (tertiary/aromatic N) is 2. The number of hydrogen-bond acceptors (Lipinski definition) is 4. The predicted molar refractivity (Wildman–Crippen MR) is 91.4 cm³/mol. The molecule has 2 aliphatic heterocycles. The number of carbonyl (C=O) groups is 2. The van der Waals surface area contributed by atoms with Crippen LogP contribution in [0.2, 0.25) is 0 Å². The molecule has 24 heavy (non-hydrogen) atoms. The maximum Gasteiger partial charge on any atom is 0.246 e. The highest BCUT2D eigenvalue weighted by Crippen LogP contribution is 2.21. The summed E-state index contributed by atoms with van der Waals surface area (Å²) < 4.78 is 5.67. The molecule has 1 aromatic rings. The minimum Gasteiger partial charge on any atom is -0.375 e. The van der Waals surface area contributed by atoms with Crippen LogP contribution in [0.3, 0.4) is 0 Å². The van der Waals surface area contributed by atoms with Crippen LogP contribution >= 0.6 is 0 Å². The number of ether oxygens (including phenoxy) is 1. The zero-order valence-electron chi connectivity index (χ0n) is 14.0. The van der Waals surface area contributed by atoms with Gasteiger partial charge in [-0.2, -0.15) is 0 Å². The standard InChI is InChI=1S/C18H23N3O3/c1-2-3-8-24-15-11-21(12-15)17(23)7-4-13-9-14-5-6-16(22)20-18(14)19-10-13/h4,7,9-10,15H,2-3,5-6,8,11-12H2,1H3,(H,19,20,22)/b7-4+. The Kier molecular flexibility index (Phi) is 5.25. The van der Waals surface area contributed by atoms with E-state index >= 15 is 0 Å². The molecule has 2 aliphatic rings. The molecule has 1 N–H and O–H groups in total. The van der Waals surface area contributed by atoms with E-state index in [-0.39, 0.29) is 17.9 Å². The summed E-state index contributed by atoms with van der Waals surface area (Å²) in [7, 11) is 0. The number of unbranched alkanes of at least 4 members (excludes halogenated alkanes) is 1. The van der Waals surface area contributed by atoms with Crippen molar-refractivity contribution in [2.75, 3.05) is 25.0 Å². The normalized spacial score (nSPS) is 17.5. The lowest BCUT2D eigenvalue weighted by atomic mass is 10.0. The lowest BCUT2D eigenvalue weighted by molar-refractivity contribution is -0.139. The maximum atomic E-state index is 12.1. The first-order chi connectivity index (χ1) is 11.7. The third kappa shape index (κ3) is 4.00. The molecular formula is C18H23N3O3. The summed E-state index contributed by atoms with van der Waals surface area (Å²) in [6, 6.07) is 1.97. The zero-order chi connectivity index (χ0) is 16.9. The molecule has 0 aromatic carbocycles. The number of rotatable bonds is 6. The molecule has 0 bridgehead atoms. The molecule has 0 atom stereocenters. The molecule has 1 fully saturated rings. The summed E-state index contributed by atoms with van der Waals surface area (Å²) in [6.45, 7) is 4.24. The second-order valence-electron chi connectivity index (χ2n) is 6.25. The quantitative estimate of drug-likeness (QED) is 0.640. The van der Waals surface area contributed by atoms with E-state index in [1.807, 2.05) is 6.07 Å². The van der Waals surface area contributed by atoms with Gasteiger partial charge in [0.1, 0.15) is 5.82 Å². The van der Waals surface area contributed by atoms with Gasteiger partial charge in [0.15, 0.2) is 0 Å². The number of aryl methyl sites for hydroxylation is 1. The van der Waals surface area contributed by atoms with Gasteiger partial charge in [-0.1, -0.05) is 13.3 Å². The van der Waals surface area contributed by atoms with Gasteiger partial charge in [-0.15, -0.1) is 0 Å². The van der Waals surface area contributed by atoms with Crippen molar-refractivity contribution in [3.63, 3.8) is 0 Å². The van der Waals surface area contributed by atoms with Crippen molar-refractivity contribution in [2.24, 2.45) is 0 Å². The minimum absolute atomic E-state index is 0.00182. The number of carbonyl (C=O) groups excluding carboxylic acids is 2. The fourth-order valence-electron chi connectivity index (χ4n) is 2.76. The molecule has 0 saturated carbocycles. The van der Waals surface area contributed by atoms with Crippen molar-refractivity contribution >= 4 is 23.7 Å². The van der Waals surface area contributed by atoms with Crippen LogP contribution in [0.15, 0.2) is 18.3 Å². The van der Waals surface area contributed by atoms with Crippen LogP contribution in [0.4, 0.5) is 5.82 Å². The van der Waals surface area contributed by atoms with Gasteiger partial charge < -0.3 is 15.0 Å². The molecule has 128 valence electrons. The lowest BCUT2D eigenvalue weighted by Gasteiger charge is -2.38. The summed E-state index contributed by atoms with van der Waals surface area (Å²) in [6.07, 6.45) is 8.56. The Morgan fingerprint density at radius 2 is 2.29 bits per heavy atom. The molecule has 6 nitrogen and oxygen atoms in total. The van der Waals surface area contributed by atoms with Crippen LogP contribution in [0.25, 0.3) is 6.08 Å². The summed E-state index contributed by atoms with van der Waals surface area (Å²) in [5.74, 6) is 0.628. The van der Waals surface area contributed by atoms with Crippen molar-refractivity contribution in [1.82, 2.24) is 9.88 Å². The highest BCUT2D eigenvalue weighted by Gasteiger charge is 2.29. The average molecular weight is 329 g/mol. The third-order valence-electron chi connectivity index (χ3n) is 4.30. The number of anilines is 1. The molecule has 0 aliphatic carbocycles. The second-order valence-corrected chi connectivity index (χ2v) is 6.25. The smallest absolute Gasteiger partial charge is 0.246 e. The van der Waals surface area contributed by atoms with Crippen molar-refractivity contribution in [1.29, 1.82) is 0 Å². The average Bonchev–Trinajstić information content (AvgIpc) is 2.54. The molecule has 3 heterocycles. The van der Waals surface area contributed by atoms with Crippen LogP contribution < -0.4 is 5.32 Å². The van der Waals surface area contributed by atoms with Gasteiger partial charge in [0.2, 0.25) is 11.8 Å². The summed E-state index contributed by atoms with van der Waals surface area (Å²) in [4.78, 5) is 29.5. The van der Waals surface area contributed by atoms with Crippen molar-refractivity contribution < 1.29 is 14.3 Å². The van der Waals surface area contributed by atoms with E-state index in [0.29, 0.717) is 31.7 Å². The van der Waals surface area contributed by atoms with Crippen LogP contribution in [0, 0.1) is 0 Å². The van der Waals surface area contributed by atoms with Crippen molar-refractivity contribution in [3.8, 4) is 0 Å². The van der Waals surface area contributed by atoms with E-state index < -0.39 is 0 Å². The van der Waals surface area contributed by atoms with Gasteiger partial charge in [-0.05, 0) is 36.1 Å². The fraction of sp³-hybridized carbons (Fsp3) is 0.500. The van der Waals surface area contributed by atoms with Gasteiger partial charge in [0.25, 0.3) is 0 Å². The van der Waals surface area contributed by atoms with E-state index in [1.165, 1.54) is 0 Å². The zero-order valence-corrected chi connectivity index (χ0v) is 14.0. The number of amides is 2. The third-order valence-corrected chi connectivity index (χ3v) is 4.30. The maximum absolute atomic E-state index is 12.1. The van der Waals surface area contributed by atoms with E-state index in [2.05, 4.69) is 17.2 Å². The Balaban J connectivity index is 1.50. The predicted octanol–water partition coefficient (Wildman–Crippen LogP) is 2.01. The number of hydrogen-bond donors (Lipinski definition) is 1. The monoisotopic (exact) mass is 329 g/mol. The molecule has 2 amide bonds. The van der Waals surface area contributed by atoms with E-state index in [9.17, 15) is 9.59 Å². The van der Waals surface area contributed by atoms with Gasteiger partial charge in [0.05, 0.1) is 6.10 Å². The Hall–Kier alpha value is -2.21. The molecular weight excluding hydrogens is 306 g/mol. The first-order valence-electron chi connectivity index (χ1n) is 8.53. The van der Waals surface area contributed by atoms with Crippen LogP contribution in [0.1, 0.15) is 37.3 Å². The summed E-state index contributed by atoms with van der Waals surface area (Å²) in [5.41, 5.74) is 1.88. The van der Waals surface area contributed by atoms with Crippen LogP contribution in [-0.4, -0.2) is 47.5 Å². The van der Waals surface area contributed by atoms with E-state index in [1.54, 1.807) is 23.2 Å². The SMILES string of the molecule is CCCCOC1CN(C(=O)/C=C/c2cnc3c(c2)CCC(=O)N3)C1. The first-order valence-corrected chi connectivity index (χ1v) is 8.53. The first kappa shape index (κ1) is 16.6. The Morgan fingerprint density at radius 3 is 3.08 bits per heavy atom.